The van der Waals surface area contributed by atoms with Crippen molar-refractivity contribution in [1.82, 2.24) is 15.1 Å². The molecule has 0 spiro atoms. The molecule has 3 amide bonds. The Bertz CT molecular complexity index is 1790. The van der Waals surface area contributed by atoms with Crippen LogP contribution in [0.1, 0.15) is 83.9 Å². The number of morpholine rings is 1. The first-order valence-electron chi connectivity index (χ1n) is 17.9. The maximum absolute atomic E-state index is 15.1. The van der Waals surface area contributed by atoms with Crippen LogP contribution in [0.5, 0.6) is 0 Å². The lowest BCUT2D eigenvalue weighted by molar-refractivity contribution is -0.182. The van der Waals surface area contributed by atoms with Gasteiger partial charge in [-0.3, -0.25) is 24.6 Å². The Labute approximate surface area is 239 Å². The molecule has 2 aromatic carbocycles. The highest BCUT2D eigenvalue weighted by Crippen LogP contribution is 2.33. The SMILES string of the molecule is [2H]C([2H])([2H])C1(C)OC(C)(C)C([2H])([2H])N(Cc2ccc(F)c(CNc3cccc4c3CN(C3([2H])C(=O)NC(=O)C([2H])([2H])C3([2H])[2H])C4=O)c2)C1([2H])[2H]. The highest BCUT2D eigenvalue weighted by molar-refractivity contribution is 6.06. The number of piperidine rings is 1. The average Bonchev–Trinajstić information content (AvgIpc) is 3.33. The van der Waals surface area contributed by atoms with E-state index in [-0.39, 0.29) is 34.5 Å². The maximum Gasteiger partial charge on any atom is 0.255 e. The Hall–Kier alpha value is -3.30. The molecule has 0 radical (unpaired) electrons. The second kappa shape index (κ2) is 9.78. The van der Waals surface area contributed by atoms with Crippen LogP contribution >= 0.6 is 0 Å². The van der Waals surface area contributed by atoms with Crippen molar-refractivity contribution in [2.24, 2.45) is 0 Å². The van der Waals surface area contributed by atoms with Gasteiger partial charge in [-0.25, -0.2) is 4.39 Å². The molecule has 0 aromatic heterocycles. The molecule has 9 heteroatoms. The fourth-order valence-electron chi connectivity index (χ4n) is 4.72. The number of carbonyl (C=O) groups is 3. The van der Waals surface area contributed by atoms with Gasteiger partial charge in [-0.05, 0) is 63.8 Å². The number of imide groups is 1. The van der Waals surface area contributed by atoms with E-state index in [0.717, 1.165) is 17.9 Å². The third-order valence-electron chi connectivity index (χ3n) is 6.11. The van der Waals surface area contributed by atoms with Crippen molar-refractivity contribution in [2.45, 2.75) is 77.2 Å². The number of hydrogen-bond donors (Lipinski definition) is 2. The van der Waals surface area contributed by atoms with Crippen LogP contribution in [0.2, 0.25) is 0 Å². The molecule has 2 atom stereocenters. The number of nitrogens with one attached hydrogen (secondary N) is 2. The molecule has 3 aliphatic heterocycles. The van der Waals surface area contributed by atoms with E-state index in [9.17, 15) is 14.4 Å². The number of halogens is 1. The van der Waals surface area contributed by atoms with E-state index in [4.69, 9.17) is 21.2 Å². The van der Waals surface area contributed by atoms with Crippen molar-refractivity contribution < 1.29 is 40.0 Å². The minimum atomic E-state index is -3.46. The van der Waals surface area contributed by atoms with Crippen LogP contribution in [0.15, 0.2) is 36.4 Å². The molecule has 0 bridgehead atoms. The molecule has 5 rings (SSSR count). The minimum Gasteiger partial charge on any atom is -0.381 e. The third kappa shape index (κ3) is 5.44. The predicted octanol–water partition coefficient (Wildman–Crippen LogP) is 3.59. The lowest BCUT2D eigenvalue weighted by Crippen LogP contribution is -2.56. The Kier molecular flexibility index (Phi) is 3.95. The molecular formula is C29H35FN4O4. The van der Waals surface area contributed by atoms with Gasteiger partial charge in [0.25, 0.3) is 5.91 Å². The zero-order valence-corrected chi connectivity index (χ0v) is 21.0. The monoisotopic (exact) mass is 534 g/mol. The van der Waals surface area contributed by atoms with Crippen molar-refractivity contribution >= 4 is 23.4 Å². The predicted molar refractivity (Wildman–Crippen MR) is 141 cm³/mol. The summed E-state index contributed by atoms with van der Waals surface area (Å²) in [7, 11) is 0. The number of anilines is 1. The summed E-state index contributed by atoms with van der Waals surface area (Å²) in [4.78, 5) is 39.7. The number of nitrogens with zero attached hydrogens (tertiary/aromatic N) is 2. The first kappa shape index (κ1) is 15.3. The van der Waals surface area contributed by atoms with Crippen molar-refractivity contribution in [3.05, 3.63) is 64.5 Å². The maximum atomic E-state index is 15.1. The van der Waals surface area contributed by atoms with Gasteiger partial charge in [-0.15, -0.1) is 0 Å². The quantitative estimate of drug-likeness (QED) is 0.551. The lowest BCUT2D eigenvalue weighted by atomic mass is 9.98. The standard InChI is InChI=1S/C29H35FN4O4/c1-28(2)16-33(17-29(3,4)38-28)14-18-8-9-22(30)19(12-18)13-31-23-7-5-6-20-21(23)15-34(27(20)37)24-10-11-25(35)32-26(24)36/h5-9,12,24,31H,10-11,13-17H2,1-4H3,(H,32,35,36)/i1D3,10D2,11D2,16D2,17D2,24D. The van der Waals surface area contributed by atoms with Crippen molar-refractivity contribution in [3.8, 4) is 0 Å². The largest absolute Gasteiger partial charge is 0.381 e. The van der Waals surface area contributed by atoms with E-state index in [1.165, 1.54) is 44.2 Å². The highest BCUT2D eigenvalue weighted by Gasteiger charge is 2.40. The van der Waals surface area contributed by atoms with Gasteiger partial charge in [-0.1, -0.05) is 12.1 Å². The fourth-order valence-corrected chi connectivity index (χ4v) is 4.72. The fraction of sp³-hybridized carbons (Fsp3) is 0.483. The summed E-state index contributed by atoms with van der Waals surface area (Å²) in [5.41, 5.74) is -3.65. The van der Waals surface area contributed by atoms with Crippen LogP contribution in [0, 0.1) is 5.82 Å². The number of carbonyl (C=O) groups excluding carboxylic acids is 3. The smallest absolute Gasteiger partial charge is 0.255 e. The van der Waals surface area contributed by atoms with Crippen LogP contribution in [0.25, 0.3) is 0 Å². The average molecular weight is 535 g/mol. The minimum absolute atomic E-state index is 0.0140. The summed E-state index contributed by atoms with van der Waals surface area (Å²) in [6.07, 6.45) is -6.81. The Morgan fingerprint density at radius 3 is 2.79 bits per heavy atom. The second-order valence-corrected chi connectivity index (χ2v) is 9.84. The Morgan fingerprint density at radius 1 is 1.21 bits per heavy atom. The molecule has 2 N–H and O–H groups in total. The normalized spacial score (nSPS) is 37.6. The van der Waals surface area contributed by atoms with Crippen molar-refractivity contribution in [3.63, 3.8) is 0 Å². The second-order valence-electron chi connectivity index (χ2n) is 9.84. The molecule has 0 saturated carbocycles. The summed E-state index contributed by atoms with van der Waals surface area (Å²) in [5, 5.41) is 4.62. The molecular weight excluding hydrogens is 487 g/mol. The molecule has 0 aliphatic carbocycles. The molecule has 2 fully saturated rings. The Balaban J connectivity index is 1.43. The van der Waals surface area contributed by atoms with Crippen LogP contribution in [-0.4, -0.2) is 57.7 Å². The number of benzene rings is 2. The lowest BCUT2D eigenvalue weighted by Gasteiger charge is -2.47. The molecule has 2 unspecified atom stereocenters. The number of rotatable bonds is 6. The zero-order valence-electron chi connectivity index (χ0n) is 33.0. The van der Waals surface area contributed by atoms with Gasteiger partial charge < -0.3 is 15.0 Å². The molecule has 202 valence electrons. The van der Waals surface area contributed by atoms with E-state index >= 15 is 4.39 Å². The summed E-state index contributed by atoms with van der Waals surface area (Å²) >= 11 is 0. The summed E-state index contributed by atoms with van der Waals surface area (Å²) in [5.74, 6) is -4.79. The van der Waals surface area contributed by atoms with Crippen LogP contribution in [0.4, 0.5) is 10.1 Å². The van der Waals surface area contributed by atoms with Gasteiger partial charge in [0, 0.05) is 76.5 Å². The van der Waals surface area contributed by atoms with Crippen LogP contribution < -0.4 is 10.6 Å². The zero-order chi connectivity index (χ0) is 37.8. The molecule has 3 heterocycles. The van der Waals surface area contributed by atoms with Gasteiger partial charge in [0.2, 0.25) is 11.8 Å². The molecule has 3 aliphatic rings. The number of hydrogen-bond acceptors (Lipinski definition) is 6. The van der Waals surface area contributed by atoms with Gasteiger partial charge in [0.1, 0.15) is 11.8 Å². The molecule has 38 heavy (non-hydrogen) atoms. The molecule has 8 nitrogen and oxygen atoms in total. The van der Waals surface area contributed by atoms with Gasteiger partial charge in [0.05, 0.1) is 12.6 Å². The molecule has 2 aromatic rings. The molecule has 2 saturated heterocycles. The number of ether oxygens (including phenoxy) is 1. The first-order chi connectivity index (χ1) is 22.6. The topological polar surface area (TPSA) is 91.0 Å². The van der Waals surface area contributed by atoms with E-state index in [2.05, 4.69) is 5.32 Å². The van der Waals surface area contributed by atoms with Crippen molar-refractivity contribution in [1.29, 1.82) is 0 Å². The van der Waals surface area contributed by atoms with Crippen molar-refractivity contribution in [2.75, 3.05) is 18.3 Å². The first-order valence-corrected chi connectivity index (χ1v) is 11.9. The summed E-state index contributed by atoms with van der Waals surface area (Å²) in [6.45, 7) is -6.00. The van der Waals surface area contributed by atoms with E-state index < -0.39 is 86.4 Å². The van der Waals surface area contributed by atoms with E-state index in [1.807, 2.05) is 0 Å². The van der Waals surface area contributed by atoms with Gasteiger partial charge >= 0.3 is 0 Å². The Morgan fingerprint density at radius 2 is 2.00 bits per heavy atom. The summed E-state index contributed by atoms with van der Waals surface area (Å²) < 4.78 is 121. The third-order valence-corrected chi connectivity index (χ3v) is 6.11. The van der Waals surface area contributed by atoms with Gasteiger partial charge in [0.15, 0.2) is 0 Å². The highest BCUT2D eigenvalue weighted by atomic mass is 19.1. The van der Waals surface area contributed by atoms with E-state index in [1.54, 1.807) is 5.32 Å². The van der Waals surface area contributed by atoms with Crippen LogP contribution in [-0.2, 0) is 34.0 Å². The number of fused-ring (bicyclic) bond motifs is 1. The van der Waals surface area contributed by atoms with Crippen LogP contribution in [0.3, 0.4) is 0 Å². The van der Waals surface area contributed by atoms with Gasteiger partial charge in [-0.2, -0.15) is 0 Å². The van der Waals surface area contributed by atoms with E-state index in [0.29, 0.717) is 4.90 Å². The summed E-state index contributed by atoms with van der Waals surface area (Å²) in [6, 6.07) is 4.83. The number of amides is 3.